The maximum Gasteiger partial charge on any atom is 0.268 e. The van der Waals surface area contributed by atoms with Crippen LogP contribution in [-0.4, -0.2) is 27.6 Å². The number of phenolic OH excluding ortho intramolecular Hbond substituents is 1. The highest BCUT2D eigenvalue weighted by Gasteiger charge is 2.57. The number of rotatable bonds is 3. The van der Waals surface area contributed by atoms with Crippen LogP contribution in [0.25, 0.3) is 0 Å². The van der Waals surface area contributed by atoms with Crippen LogP contribution in [0.4, 0.5) is 5.69 Å². The molecule has 4 nitrogen and oxygen atoms in total. The van der Waals surface area contributed by atoms with Gasteiger partial charge in [0.05, 0.1) is 11.7 Å². The third kappa shape index (κ3) is 2.61. The Hall–Kier alpha value is -1.71. The average Bonchev–Trinajstić information content (AvgIpc) is 2.61. The number of nitrogens with zero attached hydrogens (tertiary/aromatic N) is 2. The first kappa shape index (κ1) is 16.7. The topological polar surface area (TPSA) is 43.8 Å². The molecule has 1 saturated heterocycles. The number of carbonyl (C=O) groups is 1. The van der Waals surface area contributed by atoms with E-state index in [1.165, 1.54) is 32.1 Å². The largest absolute Gasteiger partial charge is 0.508 e. The standard InChI is InChI=1S/C21H30N2O2/c1-4-14-11-15-5-10-19(16(12-14)13-15)22-20(25)21(2,3)23(22)17-6-8-18(24)9-7-17/h6-9,14-16,19,24H,4-5,10-13H2,1-3H3. The summed E-state index contributed by atoms with van der Waals surface area (Å²) in [5, 5.41) is 13.8. The Kier molecular flexibility index (Phi) is 3.97. The van der Waals surface area contributed by atoms with Crippen molar-refractivity contribution in [1.82, 2.24) is 5.01 Å². The number of anilines is 1. The number of carbonyl (C=O) groups excluding carboxylic acids is 1. The first-order valence-corrected chi connectivity index (χ1v) is 9.84. The summed E-state index contributed by atoms with van der Waals surface area (Å²) >= 11 is 0. The van der Waals surface area contributed by atoms with E-state index in [0.29, 0.717) is 12.0 Å². The van der Waals surface area contributed by atoms with Crippen molar-refractivity contribution in [2.24, 2.45) is 17.8 Å². The molecule has 4 rings (SSSR count). The summed E-state index contributed by atoms with van der Waals surface area (Å²) in [5.41, 5.74) is 0.486. The smallest absolute Gasteiger partial charge is 0.268 e. The summed E-state index contributed by atoms with van der Waals surface area (Å²) in [4.78, 5) is 13.0. The molecular weight excluding hydrogens is 312 g/mol. The summed E-state index contributed by atoms with van der Waals surface area (Å²) < 4.78 is 0. The molecule has 3 aliphatic rings. The summed E-state index contributed by atoms with van der Waals surface area (Å²) in [6, 6.07) is 7.57. The zero-order chi connectivity index (χ0) is 17.8. The number of hydrogen-bond acceptors (Lipinski definition) is 3. The molecule has 2 saturated carbocycles. The maximum atomic E-state index is 13.0. The first-order chi connectivity index (χ1) is 11.9. The lowest BCUT2D eigenvalue weighted by molar-refractivity contribution is -0.160. The zero-order valence-electron chi connectivity index (χ0n) is 15.6. The Labute approximate surface area is 150 Å². The minimum Gasteiger partial charge on any atom is -0.508 e. The second-order valence-corrected chi connectivity index (χ2v) is 8.79. The van der Waals surface area contributed by atoms with Gasteiger partial charge in [0.1, 0.15) is 11.3 Å². The Bertz CT molecular complexity index is 654. The Balaban J connectivity index is 1.61. The van der Waals surface area contributed by atoms with E-state index in [-0.39, 0.29) is 11.7 Å². The summed E-state index contributed by atoms with van der Waals surface area (Å²) in [7, 11) is 0. The van der Waals surface area contributed by atoms with Crippen molar-refractivity contribution < 1.29 is 9.90 Å². The quantitative estimate of drug-likeness (QED) is 0.889. The van der Waals surface area contributed by atoms with Crippen LogP contribution in [-0.2, 0) is 4.79 Å². The average molecular weight is 342 g/mol. The number of hydrogen-bond donors (Lipinski definition) is 1. The molecular formula is C21H30N2O2. The molecule has 3 fully saturated rings. The minimum atomic E-state index is -0.507. The van der Waals surface area contributed by atoms with Gasteiger partial charge in [-0.15, -0.1) is 0 Å². The molecule has 1 N–H and O–H groups in total. The number of benzene rings is 1. The van der Waals surface area contributed by atoms with Gasteiger partial charge < -0.3 is 5.11 Å². The number of aromatic hydroxyl groups is 1. The number of fused-ring (bicyclic) bond motifs is 2. The van der Waals surface area contributed by atoms with Gasteiger partial charge in [0.15, 0.2) is 0 Å². The summed E-state index contributed by atoms with van der Waals surface area (Å²) in [6.07, 6.45) is 7.59. The molecule has 2 aliphatic carbocycles. The van der Waals surface area contributed by atoms with Gasteiger partial charge in [-0.3, -0.25) is 9.80 Å². The summed E-state index contributed by atoms with van der Waals surface area (Å²) in [5.74, 6) is 2.84. The van der Waals surface area contributed by atoms with E-state index in [2.05, 4.69) is 11.9 Å². The van der Waals surface area contributed by atoms with Gasteiger partial charge in [-0.05, 0) is 88.0 Å². The lowest BCUT2D eigenvalue weighted by Gasteiger charge is -2.62. The number of hydrazine groups is 1. The molecule has 1 aromatic rings. The summed E-state index contributed by atoms with van der Waals surface area (Å²) in [6.45, 7) is 6.31. The van der Waals surface area contributed by atoms with Crippen LogP contribution in [0.2, 0.25) is 0 Å². The molecule has 2 bridgehead atoms. The molecule has 1 heterocycles. The van der Waals surface area contributed by atoms with Crippen LogP contribution in [0.15, 0.2) is 24.3 Å². The van der Waals surface area contributed by atoms with Gasteiger partial charge in [-0.25, -0.2) is 5.01 Å². The predicted octanol–water partition coefficient (Wildman–Crippen LogP) is 4.34. The van der Waals surface area contributed by atoms with Crippen molar-refractivity contribution in [2.75, 3.05) is 5.01 Å². The third-order valence-electron chi connectivity index (χ3n) is 6.82. The Morgan fingerprint density at radius 3 is 2.52 bits per heavy atom. The Morgan fingerprint density at radius 2 is 1.84 bits per heavy atom. The van der Waals surface area contributed by atoms with Crippen molar-refractivity contribution in [3.63, 3.8) is 0 Å². The van der Waals surface area contributed by atoms with Crippen molar-refractivity contribution in [3.8, 4) is 5.75 Å². The van der Waals surface area contributed by atoms with E-state index < -0.39 is 5.54 Å². The molecule has 0 radical (unpaired) electrons. The molecule has 1 amide bonds. The van der Waals surface area contributed by atoms with Gasteiger partial charge >= 0.3 is 0 Å². The van der Waals surface area contributed by atoms with Crippen molar-refractivity contribution in [3.05, 3.63) is 24.3 Å². The van der Waals surface area contributed by atoms with Gasteiger partial charge in [-0.2, -0.15) is 0 Å². The highest BCUT2D eigenvalue weighted by molar-refractivity contribution is 5.97. The van der Waals surface area contributed by atoms with E-state index in [1.54, 1.807) is 12.1 Å². The molecule has 4 heteroatoms. The fourth-order valence-electron chi connectivity index (χ4n) is 5.49. The molecule has 136 valence electrons. The van der Waals surface area contributed by atoms with E-state index in [4.69, 9.17) is 0 Å². The van der Waals surface area contributed by atoms with Crippen LogP contribution in [0.5, 0.6) is 5.75 Å². The molecule has 0 aromatic heterocycles. The van der Waals surface area contributed by atoms with Crippen LogP contribution >= 0.6 is 0 Å². The van der Waals surface area contributed by atoms with Crippen molar-refractivity contribution in [1.29, 1.82) is 0 Å². The van der Waals surface area contributed by atoms with Crippen LogP contribution < -0.4 is 5.01 Å². The van der Waals surface area contributed by atoms with E-state index in [0.717, 1.165) is 23.9 Å². The van der Waals surface area contributed by atoms with Crippen molar-refractivity contribution >= 4 is 11.6 Å². The number of phenols is 1. The zero-order valence-corrected chi connectivity index (χ0v) is 15.6. The Morgan fingerprint density at radius 1 is 1.12 bits per heavy atom. The second kappa shape index (κ2) is 5.93. The molecule has 0 spiro atoms. The lowest BCUT2D eigenvalue weighted by atomic mass is 9.65. The van der Waals surface area contributed by atoms with Crippen molar-refractivity contribution in [2.45, 2.75) is 70.9 Å². The van der Waals surface area contributed by atoms with Crippen LogP contribution in [0, 0.1) is 17.8 Å². The molecule has 1 aromatic carbocycles. The van der Waals surface area contributed by atoms with E-state index in [1.807, 2.05) is 31.0 Å². The van der Waals surface area contributed by atoms with Gasteiger partial charge in [0, 0.05) is 0 Å². The van der Waals surface area contributed by atoms with Gasteiger partial charge in [0.25, 0.3) is 5.91 Å². The fraction of sp³-hybridized carbons (Fsp3) is 0.667. The normalized spacial score (nSPS) is 34.0. The number of amides is 1. The SMILES string of the molecule is CCC1CC2CCC(N3C(=O)C(C)(C)N3c3ccc(O)cc3)C(C1)C2. The van der Waals surface area contributed by atoms with E-state index >= 15 is 0 Å². The molecule has 4 unspecified atom stereocenters. The van der Waals surface area contributed by atoms with Crippen LogP contribution in [0.1, 0.15) is 59.3 Å². The first-order valence-electron chi connectivity index (χ1n) is 9.84. The monoisotopic (exact) mass is 342 g/mol. The lowest BCUT2D eigenvalue weighted by Crippen LogP contribution is -2.78. The third-order valence-corrected chi connectivity index (χ3v) is 6.82. The van der Waals surface area contributed by atoms with Crippen LogP contribution in [0.3, 0.4) is 0 Å². The molecule has 4 atom stereocenters. The molecule has 25 heavy (non-hydrogen) atoms. The fourth-order valence-corrected chi connectivity index (χ4v) is 5.49. The van der Waals surface area contributed by atoms with Gasteiger partial charge in [0.2, 0.25) is 0 Å². The molecule has 1 aliphatic heterocycles. The van der Waals surface area contributed by atoms with E-state index in [9.17, 15) is 9.90 Å². The highest BCUT2D eigenvalue weighted by Crippen LogP contribution is 2.49. The predicted molar refractivity (Wildman–Crippen MR) is 99.1 cm³/mol. The maximum absolute atomic E-state index is 13.0. The van der Waals surface area contributed by atoms with Gasteiger partial charge in [-0.1, -0.05) is 13.3 Å². The highest BCUT2D eigenvalue weighted by atomic mass is 16.3. The minimum absolute atomic E-state index is 0.239. The second-order valence-electron chi connectivity index (χ2n) is 8.79.